The number of Topliss-reactive ketones (excluding diaryl/α,β-unsaturated/α-hetero) is 1. The number of halogens is 1. The molecule has 0 saturated carbocycles. The highest BCUT2D eigenvalue weighted by Gasteiger charge is 2.31. The second kappa shape index (κ2) is 5.88. The zero-order valence-electron chi connectivity index (χ0n) is 12.1. The van der Waals surface area contributed by atoms with Crippen LogP contribution in [0.3, 0.4) is 0 Å². The molecule has 0 aliphatic carbocycles. The van der Waals surface area contributed by atoms with Gasteiger partial charge in [-0.15, -0.1) is 11.3 Å². The Balaban J connectivity index is 1.84. The monoisotopic (exact) mass is 333 g/mol. The molecular weight excluding hydrogens is 321 g/mol. The van der Waals surface area contributed by atoms with E-state index in [0.29, 0.717) is 11.3 Å². The molecule has 3 rings (SSSR count). The summed E-state index contributed by atoms with van der Waals surface area (Å²) in [5.41, 5.74) is 1.12. The van der Waals surface area contributed by atoms with E-state index >= 15 is 0 Å². The number of anilines is 2. The first-order valence-electron chi connectivity index (χ1n) is 6.80. The van der Waals surface area contributed by atoms with E-state index in [1.807, 2.05) is 0 Å². The third kappa shape index (κ3) is 3.11. The van der Waals surface area contributed by atoms with Gasteiger partial charge in [0.05, 0.1) is 5.92 Å². The average Bonchev–Trinajstić information content (AvgIpc) is 2.94. The number of aromatic nitrogens is 1. The van der Waals surface area contributed by atoms with Crippen molar-refractivity contribution in [2.24, 2.45) is 0 Å². The first-order chi connectivity index (χ1) is 10.9. The molecule has 6 nitrogen and oxygen atoms in total. The Labute approximate surface area is 134 Å². The van der Waals surface area contributed by atoms with Gasteiger partial charge in [-0.25, -0.2) is 9.37 Å². The molecule has 1 aromatic heterocycles. The molecular formula is C15H12FN3O3S. The predicted molar refractivity (Wildman–Crippen MR) is 83.1 cm³/mol. The Hall–Kier alpha value is -2.61. The van der Waals surface area contributed by atoms with Crippen molar-refractivity contribution in [3.8, 4) is 0 Å². The minimum atomic E-state index is -0.732. The second-order valence-electron chi connectivity index (χ2n) is 5.12. The van der Waals surface area contributed by atoms with Gasteiger partial charge in [-0.3, -0.25) is 14.4 Å². The maximum Gasteiger partial charge on any atom is 0.234 e. The first kappa shape index (κ1) is 15.3. The van der Waals surface area contributed by atoms with E-state index in [9.17, 15) is 18.8 Å². The molecule has 2 heterocycles. The fourth-order valence-electron chi connectivity index (χ4n) is 2.36. The Morgan fingerprint density at radius 1 is 1.43 bits per heavy atom. The van der Waals surface area contributed by atoms with Crippen LogP contribution in [0.2, 0.25) is 0 Å². The lowest BCUT2D eigenvalue weighted by Crippen LogP contribution is -2.30. The SMILES string of the molecule is CC(=O)c1csc(NC(=O)[C@@H]2CC(=O)Nc3cc(F)ccc32)n1. The highest BCUT2D eigenvalue weighted by molar-refractivity contribution is 7.14. The highest BCUT2D eigenvalue weighted by Crippen LogP contribution is 2.33. The Morgan fingerprint density at radius 2 is 2.22 bits per heavy atom. The molecule has 0 unspecified atom stereocenters. The van der Waals surface area contributed by atoms with Crippen molar-refractivity contribution in [1.82, 2.24) is 4.98 Å². The number of carbonyl (C=O) groups is 3. The van der Waals surface area contributed by atoms with Gasteiger partial charge in [0, 0.05) is 24.4 Å². The molecule has 2 N–H and O–H groups in total. The summed E-state index contributed by atoms with van der Waals surface area (Å²) in [6.45, 7) is 1.39. The number of hydrogen-bond acceptors (Lipinski definition) is 5. The zero-order valence-corrected chi connectivity index (χ0v) is 12.9. The quantitative estimate of drug-likeness (QED) is 0.845. The summed E-state index contributed by atoms with van der Waals surface area (Å²) in [4.78, 5) is 39.4. The van der Waals surface area contributed by atoms with Crippen molar-refractivity contribution >= 4 is 39.8 Å². The van der Waals surface area contributed by atoms with Crippen molar-refractivity contribution < 1.29 is 18.8 Å². The number of thiazole rings is 1. The van der Waals surface area contributed by atoms with Gasteiger partial charge in [0.1, 0.15) is 11.5 Å². The normalized spacial score (nSPS) is 16.4. The molecule has 2 amide bonds. The lowest BCUT2D eigenvalue weighted by Gasteiger charge is -2.24. The van der Waals surface area contributed by atoms with Gasteiger partial charge >= 0.3 is 0 Å². The molecule has 2 aromatic rings. The number of nitrogens with zero attached hydrogens (tertiary/aromatic N) is 1. The average molecular weight is 333 g/mol. The number of benzene rings is 1. The van der Waals surface area contributed by atoms with Gasteiger partial charge in [0.25, 0.3) is 0 Å². The Bertz CT molecular complexity index is 818. The molecule has 1 aliphatic heterocycles. The molecule has 0 saturated heterocycles. The molecule has 1 atom stereocenters. The molecule has 8 heteroatoms. The smallest absolute Gasteiger partial charge is 0.234 e. The standard InChI is InChI=1S/C15H12FN3O3S/c1-7(20)12-6-23-15(18-12)19-14(22)10-5-13(21)17-11-4-8(16)2-3-9(10)11/h2-4,6,10H,5H2,1H3,(H,17,21)(H,18,19,22)/t10-/m1/s1. The van der Waals surface area contributed by atoms with Crippen LogP contribution in [0.1, 0.15) is 35.3 Å². The van der Waals surface area contributed by atoms with Gasteiger partial charge in [-0.1, -0.05) is 6.07 Å². The fraction of sp³-hybridized carbons (Fsp3) is 0.200. The fourth-order valence-corrected chi connectivity index (χ4v) is 3.11. The molecule has 1 aliphatic rings. The molecule has 0 fully saturated rings. The molecule has 23 heavy (non-hydrogen) atoms. The predicted octanol–water partition coefficient (Wildman–Crippen LogP) is 2.55. The third-order valence-electron chi connectivity index (χ3n) is 3.47. The summed E-state index contributed by atoms with van der Waals surface area (Å²) >= 11 is 1.13. The van der Waals surface area contributed by atoms with Gasteiger partial charge in [0.15, 0.2) is 10.9 Å². The lowest BCUT2D eigenvalue weighted by molar-refractivity contribution is -0.123. The minimum Gasteiger partial charge on any atom is -0.326 e. The number of amides is 2. The van der Waals surface area contributed by atoms with Gasteiger partial charge < -0.3 is 10.6 Å². The third-order valence-corrected chi connectivity index (χ3v) is 4.22. The van der Waals surface area contributed by atoms with E-state index in [1.54, 1.807) is 5.38 Å². The van der Waals surface area contributed by atoms with Crippen LogP contribution in [-0.2, 0) is 9.59 Å². The van der Waals surface area contributed by atoms with E-state index in [1.165, 1.54) is 25.1 Å². The van der Waals surface area contributed by atoms with E-state index in [-0.39, 0.29) is 28.9 Å². The highest BCUT2D eigenvalue weighted by atomic mass is 32.1. The molecule has 0 spiro atoms. The maximum atomic E-state index is 13.3. The summed E-state index contributed by atoms with van der Waals surface area (Å²) in [7, 11) is 0. The number of nitrogens with one attached hydrogen (secondary N) is 2. The van der Waals surface area contributed by atoms with Gasteiger partial charge in [0.2, 0.25) is 11.8 Å². The molecule has 0 bridgehead atoms. The Morgan fingerprint density at radius 3 is 2.91 bits per heavy atom. The van der Waals surface area contributed by atoms with Crippen LogP contribution in [0.4, 0.5) is 15.2 Å². The van der Waals surface area contributed by atoms with Crippen LogP contribution in [0.25, 0.3) is 0 Å². The number of hydrogen-bond donors (Lipinski definition) is 2. The Kier molecular flexibility index (Phi) is 3.91. The maximum absolute atomic E-state index is 13.3. The largest absolute Gasteiger partial charge is 0.326 e. The van der Waals surface area contributed by atoms with Crippen molar-refractivity contribution in [3.63, 3.8) is 0 Å². The van der Waals surface area contributed by atoms with E-state index in [2.05, 4.69) is 15.6 Å². The van der Waals surface area contributed by atoms with Crippen molar-refractivity contribution in [2.75, 3.05) is 10.6 Å². The first-order valence-corrected chi connectivity index (χ1v) is 7.68. The van der Waals surface area contributed by atoms with Gasteiger partial charge in [-0.2, -0.15) is 0 Å². The summed E-state index contributed by atoms with van der Waals surface area (Å²) in [6.07, 6.45) is -0.0323. The summed E-state index contributed by atoms with van der Waals surface area (Å²) in [6, 6.07) is 3.91. The van der Waals surface area contributed by atoms with Crippen molar-refractivity contribution in [2.45, 2.75) is 19.3 Å². The van der Waals surface area contributed by atoms with Crippen molar-refractivity contribution in [1.29, 1.82) is 0 Å². The van der Waals surface area contributed by atoms with E-state index in [4.69, 9.17) is 0 Å². The summed E-state index contributed by atoms with van der Waals surface area (Å²) in [5.74, 6) is -2.19. The van der Waals surface area contributed by atoms with Crippen molar-refractivity contribution in [3.05, 3.63) is 40.7 Å². The van der Waals surface area contributed by atoms with Crippen LogP contribution in [0.15, 0.2) is 23.6 Å². The van der Waals surface area contributed by atoms with Crippen LogP contribution >= 0.6 is 11.3 Å². The minimum absolute atomic E-state index is 0.0323. The number of ketones is 1. The summed E-state index contributed by atoms with van der Waals surface area (Å²) in [5, 5.41) is 6.99. The second-order valence-corrected chi connectivity index (χ2v) is 5.98. The van der Waals surface area contributed by atoms with Crippen LogP contribution in [-0.4, -0.2) is 22.6 Å². The van der Waals surface area contributed by atoms with Crippen LogP contribution < -0.4 is 10.6 Å². The van der Waals surface area contributed by atoms with E-state index < -0.39 is 17.6 Å². The lowest BCUT2D eigenvalue weighted by atomic mass is 9.90. The molecule has 118 valence electrons. The number of fused-ring (bicyclic) bond motifs is 1. The molecule has 0 radical (unpaired) electrons. The van der Waals surface area contributed by atoms with Gasteiger partial charge in [-0.05, 0) is 17.7 Å². The van der Waals surface area contributed by atoms with Crippen LogP contribution in [0.5, 0.6) is 0 Å². The number of rotatable bonds is 3. The topological polar surface area (TPSA) is 88.2 Å². The van der Waals surface area contributed by atoms with Crippen LogP contribution in [0, 0.1) is 5.82 Å². The summed E-state index contributed by atoms with van der Waals surface area (Å²) < 4.78 is 13.3. The molecule has 1 aromatic carbocycles. The zero-order chi connectivity index (χ0) is 16.6. The van der Waals surface area contributed by atoms with E-state index in [0.717, 1.165) is 11.3 Å². The number of carbonyl (C=O) groups excluding carboxylic acids is 3.